The van der Waals surface area contributed by atoms with Crippen LogP contribution in [0.3, 0.4) is 0 Å². The van der Waals surface area contributed by atoms with Gasteiger partial charge in [-0.05, 0) is 42.0 Å². The van der Waals surface area contributed by atoms with Gasteiger partial charge in [-0.2, -0.15) is 5.10 Å². The Labute approximate surface area is 149 Å². The van der Waals surface area contributed by atoms with Crippen molar-refractivity contribution in [2.45, 2.75) is 0 Å². The number of nitrogens with one attached hydrogen (secondary N) is 1. The predicted octanol–water partition coefficient (Wildman–Crippen LogP) is 4.09. The number of nitrogens with zero attached hydrogens (tertiary/aromatic N) is 1. The molecule has 3 aromatic carbocycles. The fraction of sp³-hybridized carbons (Fsp3) is 0. The number of carbonyl (C=O) groups excluding carboxylic acids is 1. The molecule has 0 aliphatic carbocycles. The number of hydrogen-bond acceptors (Lipinski definition) is 4. The highest BCUT2D eigenvalue weighted by atomic mass is 19.1. The maximum absolute atomic E-state index is 13.9. The van der Waals surface area contributed by atoms with E-state index >= 15 is 0 Å². The molecule has 3 aromatic rings. The molecule has 130 valence electrons. The minimum atomic E-state index is -0.553. The molecule has 0 aromatic heterocycles. The van der Waals surface area contributed by atoms with Gasteiger partial charge >= 0.3 is 0 Å². The third-order valence-corrected chi connectivity index (χ3v) is 3.45. The first-order valence-electron chi connectivity index (χ1n) is 7.77. The molecule has 0 spiro atoms. The molecule has 0 atom stereocenters. The second-order valence-electron chi connectivity index (χ2n) is 5.32. The van der Waals surface area contributed by atoms with Crippen LogP contribution in [0.25, 0.3) is 0 Å². The van der Waals surface area contributed by atoms with Gasteiger partial charge in [-0.1, -0.05) is 36.4 Å². The van der Waals surface area contributed by atoms with Crippen LogP contribution in [0, 0.1) is 5.82 Å². The monoisotopic (exact) mass is 350 g/mol. The highest BCUT2D eigenvalue weighted by molar-refractivity contribution is 5.97. The van der Waals surface area contributed by atoms with Crippen molar-refractivity contribution in [3.63, 3.8) is 0 Å². The molecule has 0 heterocycles. The summed E-state index contributed by atoms with van der Waals surface area (Å²) in [6.45, 7) is 0. The van der Waals surface area contributed by atoms with Crippen molar-refractivity contribution in [2.75, 3.05) is 0 Å². The van der Waals surface area contributed by atoms with Gasteiger partial charge in [0.05, 0.1) is 11.8 Å². The average molecular weight is 350 g/mol. The molecule has 26 heavy (non-hydrogen) atoms. The van der Waals surface area contributed by atoms with Gasteiger partial charge in [-0.3, -0.25) is 4.79 Å². The Balaban J connectivity index is 1.70. The summed E-state index contributed by atoms with van der Waals surface area (Å²) >= 11 is 0. The van der Waals surface area contributed by atoms with E-state index in [9.17, 15) is 14.3 Å². The largest absolute Gasteiger partial charge is 0.507 e. The molecule has 0 fully saturated rings. The molecule has 0 aliphatic rings. The number of hydrazone groups is 1. The molecular weight excluding hydrogens is 335 g/mol. The molecule has 2 N–H and O–H groups in total. The molecule has 6 heteroatoms. The highest BCUT2D eigenvalue weighted by Crippen LogP contribution is 2.24. The van der Waals surface area contributed by atoms with E-state index in [0.29, 0.717) is 11.3 Å². The Bertz CT molecular complexity index is 943. The quantitative estimate of drug-likeness (QED) is 0.538. The molecule has 0 saturated heterocycles. The maximum Gasteiger partial charge on any atom is 0.275 e. The van der Waals surface area contributed by atoms with Crippen molar-refractivity contribution in [2.24, 2.45) is 5.10 Å². The lowest BCUT2D eigenvalue weighted by Crippen LogP contribution is -2.17. The molecule has 0 saturated carbocycles. The molecule has 0 unspecified atom stereocenters. The third-order valence-electron chi connectivity index (χ3n) is 3.45. The molecule has 0 bridgehead atoms. The Hall–Kier alpha value is -3.67. The van der Waals surface area contributed by atoms with Crippen LogP contribution < -0.4 is 10.2 Å². The molecule has 5 nitrogen and oxygen atoms in total. The summed E-state index contributed by atoms with van der Waals surface area (Å²) in [5.41, 5.74) is 2.95. The fourth-order valence-corrected chi connectivity index (χ4v) is 2.19. The molecule has 1 amide bonds. The number of para-hydroxylation sites is 2. The van der Waals surface area contributed by atoms with Crippen LogP contribution in [0.2, 0.25) is 0 Å². The SMILES string of the molecule is O=C(N/N=C/c1ccc(F)c(Oc2ccccc2)c1)c1ccccc1O. The lowest BCUT2D eigenvalue weighted by atomic mass is 10.2. The maximum atomic E-state index is 13.9. The van der Waals surface area contributed by atoms with E-state index in [0.717, 1.165) is 0 Å². The summed E-state index contributed by atoms with van der Waals surface area (Å²) in [4.78, 5) is 11.9. The van der Waals surface area contributed by atoms with Crippen LogP contribution in [-0.2, 0) is 0 Å². The summed E-state index contributed by atoms with van der Waals surface area (Å²) in [7, 11) is 0. The average Bonchev–Trinajstić information content (AvgIpc) is 2.65. The van der Waals surface area contributed by atoms with E-state index < -0.39 is 11.7 Å². The fourth-order valence-electron chi connectivity index (χ4n) is 2.19. The lowest BCUT2D eigenvalue weighted by Gasteiger charge is -2.07. The zero-order chi connectivity index (χ0) is 18.4. The predicted molar refractivity (Wildman–Crippen MR) is 96.1 cm³/mol. The summed E-state index contributed by atoms with van der Waals surface area (Å²) < 4.78 is 19.4. The number of amides is 1. The topological polar surface area (TPSA) is 70.9 Å². The number of halogens is 1. The van der Waals surface area contributed by atoms with E-state index in [1.165, 1.54) is 36.5 Å². The van der Waals surface area contributed by atoms with Crippen LogP contribution in [0.4, 0.5) is 4.39 Å². The number of ether oxygens (including phenoxy) is 1. The second-order valence-corrected chi connectivity index (χ2v) is 5.32. The number of rotatable bonds is 5. The number of carbonyl (C=O) groups is 1. The van der Waals surface area contributed by atoms with E-state index in [-0.39, 0.29) is 17.1 Å². The summed E-state index contributed by atoms with van der Waals surface area (Å²) in [5.74, 6) is -0.646. The van der Waals surface area contributed by atoms with E-state index in [4.69, 9.17) is 4.74 Å². The van der Waals surface area contributed by atoms with Gasteiger partial charge in [0, 0.05) is 0 Å². The third kappa shape index (κ3) is 4.24. The normalized spacial score (nSPS) is 10.7. The zero-order valence-electron chi connectivity index (χ0n) is 13.6. The van der Waals surface area contributed by atoms with Gasteiger partial charge in [0.25, 0.3) is 5.91 Å². The Morgan fingerprint density at radius 1 is 1.04 bits per heavy atom. The minimum absolute atomic E-state index is 0.0483. The summed E-state index contributed by atoms with van der Waals surface area (Å²) in [6.07, 6.45) is 1.36. The van der Waals surface area contributed by atoms with Gasteiger partial charge in [0.1, 0.15) is 11.5 Å². The Morgan fingerprint density at radius 3 is 2.54 bits per heavy atom. The van der Waals surface area contributed by atoms with Gasteiger partial charge < -0.3 is 9.84 Å². The summed E-state index contributed by atoms with van der Waals surface area (Å²) in [5, 5.41) is 13.5. The van der Waals surface area contributed by atoms with Crippen molar-refractivity contribution in [3.05, 3.63) is 89.7 Å². The first-order chi connectivity index (χ1) is 12.6. The van der Waals surface area contributed by atoms with Crippen LogP contribution in [0.1, 0.15) is 15.9 Å². The number of aromatic hydroxyl groups is 1. The molecule has 3 rings (SSSR count). The van der Waals surface area contributed by atoms with E-state index in [2.05, 4.69) is 10.5 Å². The Morgan fingerprint density at radius 2 is 1.77 bits per heavy atom. The van der Waals surface area contributed by atoms with E-state index in [1.54, 1.807) is 36.4 Å². The first kappa shape index (κ1) is 17.2. The lowest BCUT2D eigenvalue weighted by molar-refractivity contribution is 0.0952. The van der Waals surface area contributed by atoms with E-state index in [1.807, 2.05) is 6.07 Å². The molecule has 0 radical (unpaired) electrons. The van der Waals surface area contributed by atoms with Crippen molar-refractivity contribution in [1.29, 1.82) is 0 Å². The van der Waals surface area contributed by atoms with Gasteiger partial charge in [-0.25, -0.2) is 9.82 Å². The number of hydrogen-bond donors (Lipinski definition) is 2. The number of phenols is 1. The second kappa shape index (κ2) is 7.94. The summed E-state index contributed by atoms with van der Waals surface area (Å²) in [6, 6.07) is 19.2. The van der Waals surface area contributed by atoms with Crippen molar-refractivity contribution >= 4 is 12.1 Å². The number of benzene rings is 3. The Kier molecular flexibility index (Phi) is 5.24. The van der Waals surface area contributed by atoms with Gasteiger partial charge in [-0.15, -0.1) is 0 Å². The van der Waals surface area contributed by atoms with Crippen LogP contribution in [0.15, 0.2) is 77.9 Å². The smallest absolute Gasteiger partial charge is 0.275 e. The zero-order valence-corrected chi connectivity index (χ0v) is 13.6. The van der Waals surface area contributed by atoms with Crippen molar-refractivity contribution < 1.29 is 19.0 Å². The highest BCUT2D eigenvalue weighted by Gasteiger charge is 2.09. The van der Waals surface area contributed by atoms with Crippen LogP contribution in [0.5, 0.6) is 17.2 Å². The first-order valence-corrected chi connectivity index (χ1v) is 7.77. The number of phenolic OH excluding ortho intramolecular Hbond substituents is 1. The van der Waals surface area contributed by atoms with Gasteiger partial charge in [0.2, 0.25) is 0 Å². The molecular formula is C20H15FN2O3. The molecule has 0 aliphatic heterocycles. The standard InChI is InChI=1S/C20H15FN2O3/c21-17-11-10-14(12-19(17)26-15-6-2-1-3-7-15)13-22-23-20(25)16-8-4-5-9-18(16)24/h1-13,24H,(H,23,25)/b22-13+. The van der Waals surface area contributed by atoms with Crippen molar-refractivity contribution in [1.82, 2.24) is 5.43 Å². The van der Waals surface area contributed by atoms with Crippen molar-refractivity contribution in [3.8, 4) is 17.2 Å². The minimum Gasteiger partial charge on any atom is -0.507 e. The van der Waals surface area contributed by atoms with Gasteiger partial charge in [0.15, 0.2) is 11.6 Å². The van der Waals surface area contributed by atoms with Crippen LogP contribution >= 0.6 is 0 Å². The van der Waals surface area contributed by atoms with Crippen LogP contribution in [-0.4, -0.2) is 17.2 Å².